The first-order valence-corrected chi connectivity index (χ1v) is 31.8. The van der Waals surface area contributed by atoms with Crippen LogP contribution < -0.4 is 9.80 Å². The van der Waals surface area contributed by atoms with Gasteiger partial charge in [0, 0.05) is 54.8 Å². The maximum atomic E-state index is 7.41. The normalized spacial score (nSPS) is 14.4. The molecule has 4 heteroatoms. The zero-order valence-corrected chi connectivity index (χ0v) is 50.3. The molecule has 0 N–H and O–H groups in total. The van der Waals surface area contributed by atoms with Crippen LogP contribution in [0.1, 0.15) is 136 Å². The molecular weight excluding hydrogens is 1040 g/mol. The molecule has 4 nitrogen and oxygen atoms in total. The van der Waals surface area contributed by atoms with E-state index < -0.39 is 0 Å². The molecule has 2 aliphatic rings. The summed E-state index contributed by atoms with van der Waals surface area (Å²) in [4.78, 5) is 5.11. The molecule has 0 saturated heterocycles. The van der Waals surface area contributed by atoms with E-state index >= 15 is 0 Å². The summed E-state index contributed by atoms with van der Waals surface area (Å²) in [6.45, 7) is 13.6. The molecule has 0 radical (unpaired) electrons. The minimum Gasteiger partial charge on any atom is -0.453 e. The fraction of sp³-hybridized carbons (Fsp3) is 0.220. The lowest BCUT2D eigenvalue weighted by Gasteiger charge is -2.32. The van der Waals surface area contributed by atoms with Gasteiger partial charge in [0.15, 0.2) is 11.2 Å². The first-order valence-electron chi connectivity index (χ1n) is 31.8. The summed E-state index contributed by atoms with van der Waals surface area (Å²) in [5.41, 5.74) is 22.9. The molecule has 0 atom stereocenters. The van der Waals surface area contributed by atoms with Gasteiger partial charge in [0.2, 0.25) is 0 Å². The van der Waals surface area contributed by atoms with Crippen LogP contribution >= 0.6 is 0 Å². The average molecular weight is 1120 g/mol. The van der Waals surface area contributed by atoms with Gasteiger partial charge in [0.05, 0.1) is 22.7 Å². The first kappa shape index (κ1) is 52.4. The van der Waals surface area contributed by atoms with Crippen LogP contribution in [0.5, 0.6) is 0 Å². The van der Waals surface area contributed by atoms with E-state index in [0.717, 1.165) is 77.8 Å². The highest BCUT2D eigenvalue weighted by molar-refractivity contribution is 6.30. The standard InChI is InChI=1S/C82H72N2O2/c1-49(2)53-35-39-57(40-36-53)83(73-33-17-31-67-65-29-15-27-63(79(65)85-81(67)73)59-25-13-7-19-51(59)5)75-47-71(55-21-9-10-22-55)61-44-46-70-76(48-72(56-23-11-12-24-56)62-43-45-69(75)77(61)78(62)70)84(58-41-37-54(38-42-58)50(3)4)74-34-18-32-68-66-30-16-28-64(80(66)86-82(68)74)60-26-14-8-20-52(60)6/h7-8,13-20,25-50,55-56H,9-12,21-24H2,1-6H3. The van der Waals surface area contributed by atoms with E-state index in [1.54, 1.807) is 0 Å². The third kappa shape index (κ3) is 8.38. The van der Waals surface area contributed by atoms with Crippen molar-refractivity contribution in [1.82, 2.24) is 0 Å². The van der Waals surface area contributed by atoms with Gasteiger partial charge in [-0.25, -0.2) is 0 Å². The fourth-order valence-electron chi connectivity index (χ4n) is 15.5. The molecule has 12 aromatic carbocycles. The van der Waals surface area contributed by atoms with Gasteiger partial charge in [-0.05, 0) is 178 Å². The molecule has 0 bridgehead atoms. The van der Waals surface area contributed by atoms with E-state index in [1.807, 2.05) is 0 Å². The van der Waals surface area contributed by atoms with E-state index in [-0.39, 0.29) is 0 Å². The number of furan rings is 2. The van der Waals surface area contributed by atoms with Gasteiger partial charge >= 0.3 is 0 Å². The monoisotopic (exact) mass is 1120 g/mol. The van der Waals surface area contributed by atoms with Crippen LogP contribution in [-0.2, 0) is 0 Å². The van der Waals surface area contributed by atoms with E-state index in [0.29, 0.717) is 23.7 Å². The van der Waals surface area contributed by atoms with Crippen LogP contribution in [0.2, 0.25) is 0 Å². The number of fused-ring (bicyclic) bond motifs is 6. The highest BCUT2D eigenvalue weighted by Crippen LogP contribution is 2.56. The van der Waals surface area contributed by atoms with Crippen molar-refractivity contribution in [3.05, 3.63) is 240 Å². The molecule has 2 aromatic heterocycles. The molecule has 0 spiro atoms. The first-order chi connectivity index (χ1) is 42.2. The lowest BCUT2D eigenvalue weighted by atomic mass is 9.82. The molecule has 422 valence electrons. The van der Waals surface area contributed by atoms with Crippen molar-refractivity contribution >= 4 is 110 Å². The van der Waals surface area contributed by atoms with Crippen molar-refractivity contribution in [3.8, 4) is 22.3 Å². The van der Waals surface area contributed by atoms with Crippen molar-refractivity contribution in [3.63, 3.8) is 0 Å². The molecule has 2 fully saturated rings. The summed E-state index contributed by atoms with van der Waals surface area (Å²) in [6, 6.07) is 78.2. The van der Waals surface area contributed by atoms with Crippen LogP contribution in [0.3, 0.4) is 0 Å². The molecule has 0 amide bonds. The second-order valence-electron chi connectivity index (χ2n) is 25.7. The lowest BCUT2D eigenvalue weighted by molar-refractivity contribution is 0.669. The summed E-state index contributed by atoms with van der Waals surface area (Å²) >= 11 is 0. The highest BCUT2D eigenvalue weighted by atomic mass is 16.3. The van der Waals surface area contributed by atoms with Gasteiger partial charge in [-0.2, -0.15) is 0 Å². The summed E-state index contributed by atoms with van der Waals surface area (Å²) in [6.07, 6.45) is 9.68. The Balaban J connectivity index is 1.00. The Morgan fingerprint density at radius 2 is 0.674 bits per heavy atom. The SMILES string of the molecule is Cc1ccccc1-c1cccc2c1oc1c(N(c3ccc(C(C)C)cc3)c3cc(C4CCCC4)c4ccc5c(N(c6ccc(C(C)C)cc6)c6cccc7c6oc6c(-c8ccccc8C)cccc67)cc(C6CCCC6)c6ccc3c4c65)cccc12. The van der Waals surface area contributed by atoms with E-state index in [4.69, 9.17) is 8.83 Å². The average Bonchev–Trinajstić information content (AvgIpc) is 0.932. The number of para-hydroxylation sites is 4. The molecule has 86 heavy (non-hydrogen) atoms. The van der Waals surface area contributed by atoms with Crippen molar-refractivity contribution < 1.29 is 8.83 Å². The zero-order chi connectivity index (χ0) is 57.9. The van der Waals surface area contributed by atoms with Crippen LogP contribution in [0, 0.1) is 13.8 Å². The maximum absolute atomic E-state index is 7.41. The largest absolute Gasteiger partial charge is 0.453 e. The second kappa shape index (κ2) is 20.8. The summed E-state index contributed by atoms with van der Waals surface area (Å²) in [5, 5.41) is 12.4. The van der Waals surface area contributed by atoms with Crippen molar-refractivity contribution in [2.45, 2.75) is 117 Å². The molecule has 16 rings (SSSR count). The highest BCUT2D eigenvalue weighted by Gasteiger charge is 2.32. The number of rotatable bonds is 12. The number of nitrogens with zero attached hydrogens (tertiary/aromatic N) is 2. The summed E-state index contributed by atoms with van der Waals surface area (Å²) in [5.74, 6) is 1.65. The minimum absolute atomic E-state index is 0.394. The van der Waals surface area contributed by atoms with Crippen LogP contribution in [0.15, 0.2) is 215 Å². The molecular formula is C82H72N2O2. The van der Waals surface area contributed by atoms with Crippen LogP contribution in [0.4, 0.5) is 34.1 Å². The summed E-state index contributed by atoms with van der Waals surface area (Å²) < 4.78 is 14.8. The minimum atomic E-state index is 0.394. The third-order valence-electron chi connectivity index (χ3n) is 20.0. The molecule has 2 saturated carbocycles. The van der Waals surface area contributed by atoms with Gasteiger partial charge in [-0.15, -0.1) is 0 Å². The maximum Gasteiger partial charge on any atom is 0.159 e. The predicted molar refractivity (Wildman–Crippen MR) is 365 cm³/mol. The molecule has 0 aliphatic heterocycles. The third-order valence-corrected chi connectivity index (χ3v) is 20.0. The molecule has 14 aromatic rings. The second-order valence-corrected chi connectivity index (χ2v) is 25.7. The summed E-state index contributed by atoms with van der Waals surface area (Å²) in [7, 11) is 0. The number of anilines is 6. The van der Waals surface area contributed by atoms with Crippen LogP contribution in [-0.4, -0.2) is 0 Å². The Morgan fingerprint density at radius 1 is 0.326 bits per heavy atom. The number of hydrogen-bond acceptors (Lipinski definition) is 4. The predicted octanol–water partition coefficient (Wildman–Crippen LogP) is 24.8. The smallest absolute Gasteiger partial charge is 0.159 e. The Morgan fingerprint density at radius 3 is 1.06 bits per heavy atom. The Hall–Kier alpha value is -9.12. The van der Waals surface area contributed by atoms with E-state index in [2.05, 4.69) is 258 Å². The molecule has 2 aliphatic carbocycles. The van der Waals surface area contributed by atoms with Crippen molar-refractivity contribution in [2.75, 3.05) is 9.80 Å². The van der Waals surface area contributed by atoms with Crippen molar-refractivity contribution in [2.24, 2.45) is 0 Å². The fourth-order valence-corrected chi connectivity index (χ4v) is 15.5. The lowest BCUT2D eigenvalue weighted by Crippen LogP contribution is -2.14. The van der Waals surface area contributed by atoms with Crippen molar-refractivity contribution in [1.29, 1.82) is 0 Å². The van der Waals surface area contributed by atoms with Crippen LogP contribution in [0.25, 0.3) is 98.4 Å². The number of hydrogen-bond donors (Lipinski definition) is 0. The quantitative estimate of drug-likeness (QED) is 0.114. The Labute approximate surface area is 504 Å². The zero-order valence-electron chi connectivity index (χ0n) is 50.3. The molecule has 0 unspecified atom stereocenters. The van der Waals surface area contributed by atoms with Gasteiger partial charge in [-0.1, -0.05) is 211 Å². The van der Waals surface area contributed by atoms with Gasteiger partial charge < -0.3 is 18.6 Å². The number of aryl methyl sites for hydroxylation is 2. The number of benzene rings is 12. The Kier molecular flexibility index (Phi) is 12.7. The topological polar surface area (TPSA) is 32.8 Å². The van der Waals surface area contributed by atoms with Gasteiger partial charge in [0.1, 0.15) is 11.2 Å². The van der Waals surface area contributed by atoms with Gasteiger partial charge in [0.25, 0.3) is 0 Å². The molecule has 2 heterocycles. The van der Waals surface area contributed by atoms with E-state index in [1.165, 1.54) is 140 Å². The Bertz CT molecular complexity index is 4610. The van der Waals surface area contributed by atoms with E-state index in [9.17, 15) is 0 Å². The van der Waals surface area contributed by atoms with Gasteiger partial charge in [-0.3, -0.25) is 0 Å².